The summed E-state index contributed by atoms with van der Waals surface area (Å²) in [4.78, 5) is 7.20. The van der Waals surface area contributed by atoms with Crippen LogP contribution in [0.2, 0.25) is 0 Å². The molecule has 126 valence electrons. The van der Waals surface area contributed by atoms with E-state index >= 15 is 0 Å². The number of nitrogens with zero attached hydrogens (tertiary/aromatic N) is 2. The van der Waals surface area contributed by atoms with Crippen molar-refractivity contribution in [3.05, 3.63) is 57.2 Å². The summed E-state index contributed by atoms with van der Waals surface area (Å²) in [5.74, 6) is 0.572. The maximum Gasteiger partial charge on any atom is 0.0763 e. The molecule has 0 amide bonds. The summed E-state index contributed by atoms with van der Waals surface area (Å²) in [6.07, 6.45) is 3.17. The Bertz CT molecular complexity index is 764. The Morgan fingerprint density at radius 2 is 2.00 bits per heavy atom. The molecule has 0 aliphatic carbocycles. The van der Waals surface area contributed by atoms with E-state index in [9.17, 15) is 0 Å². The van der Waals surface area contributed by atoms with E-state index < -0.39 is 0 Å². The van der Waals surface area contributed by atoms with Gasteiger partial charge in [0.25, 0.3) is 0 Å². The van der Waals surface area contributed by atoms with Crippen LogP contribution >= 0.6 is 22.6 Å². The van der Waals surface area contributed by atoms with Crippen LogP contribution in [0.4, 0.5) is 11.4 Å². The first-order chi connectivity index (χ1) is 11.4. The first kappa shape index (κ1) is 17.5. The molecule has 3 rings (SSSR count). The Kier molecular flexibility index (Phi) is 5.00. The third-order valence-corrected chi connectivity index (χ3v) is 5.84. The minimum Gasteiger partial charge on any atom is -0.366 e. The van der Waals surface area contributed by atoms with E-state index in [1.54, 1.807) is 0 Å². The van der Waals surface area contributed by atoms with E-state index in [0.717, 1.165) is 12.2 Å². The minimum atomic E-state index is 0.219. The number of anilines is 1. The highest BCUT2D eigenvalue weighted by molar-refractivity contribution is 14.1. The molecular weight excluding hydrogens is 407 g/mol. The van der Waals surface area contributed by atoms with Crippen LogP contribution in [0.1, 0.15) is 51.2 Å². The fraction of sp³-hybridized carbons (Fsp3) is 0.381. The molecule has 1 heterocycles. The third kappa shape index (κ3) is 3.37. The lowest BCUT2D eigenvalue weighted by molar-refractivity contribution is 0.381. The van der Waals surface area contributed by atoms with Crippen molar-refractivity contribution in [2.24, 2.45) is 4.99 Å². The zero-order valence-electron chi connectivity index (χ0n) is 14.9. The highest BCUT2D eigenvalue weighted by Crippen LogP contribution is 2.43. The van der Waals surface area contributed by atoms with Gasteiger partial charge in [-0.3, -0.25) is 4.99 Å². The molecule has 24 heavy (non-hydrogen) atoms. The summed E-state index contributed by atoms with van der Waals surface area (Å²) in [6, 6.07) is 15.0. The molecule has 0 fully saturated rings. The van der Waals surface area contributed by atoms with Gasteiger partial charge in [-0.25, -0.2) is 0 Å². The Balaban J connectivity index is 1.94. The van der Waals surface area contributed by atoms with E-state index in [1.807, 2.05) is 18.3 Å². The van der Waals surface area contributed by atoms with Crippen molar-refractivity contribution in [2.45, 2.75) is 45.6 Å². The topological polar surface area (TPSA) is 15.6 Å². The zero-order valence-corrected chi connectivity index (χ0v) is 17.0. The Hall–Kier alpha value is -1.36. The predicted molar refractivity (Wildman–Crippen MR) is 113 cm³/mol. The Morgan fingerprint density at radius 3 is 2.71 bits per heavy atom. The molecular formula is C21H25IN2. The number of rotatable bonds is 3. The Labute approximate surface area is 159 Å². The van der Waals surface area contributed by atoms with Gasteiger partial charge in [0.05, 0.1) is 5.69 Å². The quantitative estimate of drug-likeness (QED) is 0.419. The normalized spacial score (nSPS) is 19.5. The van der Waals surface area contributed by atoms with E-state index in [1.165, 1.54) is 26.8 Å². The van der Waals surface area contributed by atoms with Gasteiger partial charge in [0.15, 0.2) is 0 Å². The van der Waals surface area contributed by atoms with Gasteiger partial charge in [-0.1, -0.05) is 25.1 Å². The lowest BCUT2D eigenvalue weighted by Gasteiger charge is -2.47. The van der Waals surface area contributed by atoms with Crippen molar-refractivity contribution in [3.63, 3.8) is 0 Å². The van der Waals surface area contributed by atoms with Crippen LogP contribution < -0.4 is 4.90 Å². The summed E-state index contributed by atoms with van der Waals surface area (Å²) in [5, 5.41) is 0. The maximum atomic E-state index is 4.67. The van der Waals surface area contributed by atoms with E-state index in [-0.39, 0.29) is 5.54 Å². The molecule has 2 nitrogen and oxygen atoms in total. The molecule has 1 unspecified atom stereocenters. The summed E-state index contributed by atoms with van der Waals surface area (Å²) >= 11 is 2.33. The summed E-state index contributed by atoms with van der Waals surface area (Å²) in [5.41, 5.74) is 5.25. The lowest BCUT2D eigenvalue weighted by Crippen LogP contribution is -2.48. The predicted octanol–water partition coefficient (Wildman–Crippen LogP) is 6.15. The number of hydrogen-bond acceptors (Lipinski definition) is 2. The van der Waals surface area contributed by atoms with Gasteiger partial charge in [-0.2, -0.15) is 0 Å². The fourth-order valence-corrected chi connectivity index (χ4v) is 4.41. The van der Waals surface area contributed by atoms with Crippen LogP contribution in [0.25, 0.3) is 0 Å². The number of aliphatic imine (C=N–C) groups is 1. The highest BCUT2D eigenvalue weighted by atomic mass is 127. The molecule has 0 bridgehead atoms. The monoisotopic (exact) mass is 432 g/mol. The molecule has 1 aliphatic heterocycles. The van der Waals surface area contributed by atoms with Crippen molar-refractivity contribution in [3.8, 4) is 0 Å². The summed E-state index contributed by atoms with van der Waals surface area (Å²) in [6.45, 7) is 10.3. The van der Waals surface area contributed by atoms with Crippen LogP contribution in [0.3, 0.4) is 0 Å². The van der Waals surface area contributed by atoms with Crippen molar-refractivity contribution >= 4 is 40.2 Å². The van der Waals surface area contributed by atoms with Gasteiger partial charge in [0, 0.05) is 27.6 Å². The van der Waals surface area contributed by atoms with Gasteiger partial charge in [-0.15, -0.1) is 0 Å². The first-order valence-electron chi connectivity index (χ1n) is 8.62. The molecule has 1 atom stereocenters. The number of hydrogen-bond donors (Lipinski definition) is 0. The van der Waals surface area contributed by atoms with Crippen LogP contribution in [-0.2, 0) is 0 Å². The molecule has 0 saturated heterocycles. The van der Waals surface area contributed by atoms with E-state index in [2.05, 4.69) is 90.5 Å². The maximum absolute atomic E-state index is 4.67. The molecule has 2 aromatic carbocycles. The molecule has 0 spiro atoms. The Morgan fingerprint density at radius 1 is 1.25 bits per heavy atom. The highest BCUT2D eigenvalue weighted by Gasteiger charge is 2.35. The average Bonchev–Trinajstić information content (AvgIpc) is 2.54. The van der Waals surface area contributed by atoms with E-state index in [0.29, 0.717) is 5.92 Å². The lowest BCUT2D eigenvalue weighted by atomic mass is 9.79. The molecule has 3 heteroatoms. The smallest absolute Gasteiger partial charge is 0.0763 e. The average molecular weight is 432 g/mol. The third-order valence-electron chi connectivity index (χ3n) is 4.93. The number of benzene rings is 2. The van der Waals surface area contributed by atoms with Crippen LogP contribution in [0, 0.1) is 3.57 Å². The zero-order chi connectivity index (χ0) is 17.3. The van der Waals surface area contributed by atoms with Gasteiger partial charge in [0.2, 0.25) is 0 Å². The second-order valence-corrected chi connectivity index (χ2v) is 8.35. The largest absolute Gasteiger partial charge is 0.366 e. The number of halogens is 1. The number of para-hydroxylation sites is 1. The summed E-state index contributed by atoms with van der Waals surface area (Å²) < 4.78 is 1.18. The molecule has 0 radical (unpaired) electrons. The molecule has 2 aromatic rings. The van der Waals surface area contributed by atoms with Crippen molar-refractivity contribution in [1.82, 2.24) is 0 Å². The van der Waals surface area contributed by atoms with E-state index in [4.69, 9.17) is 0 Å². The van der Waals surface area contributed by atoms with Crippen LogP contribution in [-0.4, -0.2) is 18.3 Å². The first-order valence-corrected chi connectivity index (χ1v) is 9.70. The summed E-state index contributed by atoms with van der Waals surface area (Å²) in [7, 11) is 0. The molecule has 1 aliphatic rings. The number of fused-ring (bicyclic) bond motifs is 1. The van der Waals surface area contributed by atoms with Crippen molar-refractivity contribution < 1.29 is 0 Å². The second kappa shape index (κ2) is 6.87. The van der Waals surface area contributed by atoms with Crippen LogP contribution in [0.5, 0.6) is 0 Å². The van der Waals surface area contributed by atoms with Gasteiger partial charge < -0.3 is 4.90 Å². The molecule has 0 N–H and O–H groups in total. The van der Waals surface area contributed by atoms with Gasteiger partial charge in [-0.05, 0) is 91.1 Å². The second-order valence-electron chi connectivity index (χ2n) is 7.19. The van der Waals surface area contributed by atoms with Crippen molar-refractivity contribution in [1.29, 1.82) is 0 Å². The van der Waals surface area contributed by atoms with Gasteiger partial charge in [0.1, 0.15) is 0 Å². The fourth-order valence-electron chi connectivity index (χ4n) is 3.89. The minimum absolute atomic E-state index is 0.219. The van der Waals surface area contributed by atoms with Crippen molar-refractivity contribution in [2.75, 3.05) is 11.4 Å². The van der Waals surface area contributed by atoms with Crippen LogP contribution in [0.15, 0.2) is 47.5 Å². The molecule has 0 saturated carbocycles. The van der Waals surface area contributed by atoms with Gasteiger partial charge >= 0.3 is 0 Å². The standard InChI is InChI=1S/C21H25IN2/c1-5-24-20-11-10-16(12-17(20)15(2)13-21(24,3)4)14-23-19-9-7-6-8-18(19)22/h6-12,14-15H,5,13H2,1-4H3. The molecule has 0 aromatic heterocycles. The SMILES string of the molecule is CCN1c2ccc(C=Nc3ccccc3I)cc2C(C)CC1(C)C.